The zero-order chi connectivity index (χ0) is 11.4. The number of nitrogens with two attached hydrogens (primary N) is 1. The van der Waals surface area contributed by atoms with Gasteiger partial charge in [0.1, 0.15) is 11.8 Å². The first-order valence-electron chi connectivity index (χ1n) is 4.31. The largest absolute Gasteiger partial charge is 0.496 e. The van der Waals surface area contributed by atoms with E-state index in [4.69, 9.17) is 27.2 Å². The lowest BCUT2D eigenvalue weighted by molar-refractivity contribution is -0.138. The van der Waals surface area contributed by atoms with Crippen molar-refractivity contribution in [2.75, 3.05) is 7.11 Å². The monoisotopic (exact) mass is 229 g/mol. The van der Waals surface area contributed by atoms with Crippen LogP contribution in [0, 0.1) is 0 Å². The maximum absolute atomic E-state index is 10.7. The highest BCUT2D eigenvalue weighted by Crippen LogP contribution is 2.24. The van der Waals surface area contributed by atoms with Crippen molar-refractivity contribution in [3.63, 3.8) is 0 Å². The molecule has 1 aromatic rings. The molecular weight excluding hydrogens is 218 g/mol. The number of hydrogen-bond acceptors (Lipinski definition) is 3. The molecule has 0 amide bonds. The number of aliphatic carboxylic acids is 1. The fourth-order valence-electron chi connectivity index (χ4n) is 1.24. The fourth-order valence-corrected chi connectivity index (χ4v) is 1.45. The number of carboxylic acids is 1. The number of ether oxygens (including phenoxy) is 1. The van der Waals surface area contributed by atoms with Crippen LogP contribution in [0.1, 0.15) is 17.2 Å². The summed E-state index contributed by atoms with van der Waals surface area (Å²) in [7, 11) is 1.53. The molecule has 0 bridgehead atoms. The molecule has 0 aliphatic heterocycles. The zero-order valence-corrected chi connectivity index (χ0v) is 8.99. The molecule has 1 aromatic carbocycles. The average Bonchev–Trinajstić information content (AvgIpc) is 2.26. The summed E-state index contributed by atoms with van der Waals surface area (Å²) < 4.78 is 5.06. The Hall–Kier alpha value is -1.26. The van der Waals surface area contributed by atoms with E-state index in [0.717, 1.165) is 5.56 Å². The van der Waals surface area contributed by atoms with Crippen LogP contribution in [0.4, 0.5) is 0 Å². The van der Waals surface area contributed by atoms with Gasteiger partial charge in [-0.25, -0.2) is 0 Å². The minimum atomic E-state index is -1.07. The number of carbonyl (C=O) groups is 1. The van der Waals surface area contributed by atoms with E-state index >= 15 is 0 Å². The van der Waals surface area contributed by atoms with Gasteiger partial charge < -0.3 is 15.6 Å². The number of alkyl halides is 1. The summed E-state index contributed by atoms with van der Waals surface area (Å²) >= 11 is 5.70. The summed E-state index contributed by atoms with van der Waals surface area (Å²) in [5, 5.41) is 8.74. The summed E-state index contributed by atoms with van der Waals surface area (Å²) in [4.78, 5) is 10.7. The molecule has 4 nitrogen and oxygen atoms in total. The van der Waals surface area contributed by atoms with Gasteiger partial charge in [-0.05, 0) is 17.7 Å². The standard InChI is InChI=1S/C10H12ClNO3/c1-15-8-3-2-6(4-7(8)5-11)9(12)10(13)14/h2-4,9H,5,12H2,1H3,(H,13,14)/t9-/m0/s1. The average molecular weight is 230 g/mol. The highest BCUT2D eigenvalue weighted by molar-refractivity contribution is 6.17. The minimum absolute atomic E-state index is 0.253. The van der Waals surface area contributed by atoms with E-state index in [2.05, 4.69) is 0 Å². The van der Waals surface area contributed by atoms with Gasteiger partial charge in [0.15, 0.2) is 0 Å². The Morgan fingerprint density at radius 1 is 1.67 bits per heavy atom. The molecule has 0 spiro atoms. The summed E-state index contributed by atoms with van der Waals surface area (Å²) in [6.07, 6.45) is 0. The molecule has 0 saturated carbocycles. The van der Waals surface area contributed by atoms with Crippen LogP contribution in [0.2, 0.25) is 0 Å². The van der Waals surface area contributed by atoms with Gasteiger partial charge in [-0.2, -0.15) is 0 Å². The Labute approximate surface area is 92.6 Å². The number of carboxylic acid groups (broad SMARTS) is 1. The lowest BCUT2D eigenvalue weighted by Gasteiger charge is -2.11. The summed E-state index contributed by atoms with van der Waals surface area (Å²) in [6.45, 7) is 0. The maximum atomic E-state index is 10.7. The van der Waals surface area contributed by atoms with Crippen molar-refractivity contribution in [3.05, 3.63) is 29.3 Å². The van der Waals surface area contributed by atoms with E-state index in [1.165, 1.54) is 7.11 Å². The van der Waals surface area contributed by atoms with Crippen molar-refractivity contribution in [1.82, 2.24) is 0 Å². The van der Waals surface area contributed by atoms with Crippen molar-refractivity contribution in [3.8, 4) is 5.75 Å². The molecule has 0 fully saturated rings. The quantitative estimate of drug-likeness (QED) is 0.768. The third-order valence-electron chi connectivity index (χ3n) is 2.07. The predicted molar refractivity (Wildman–Crippen MR) is 57.1 cm³/mol. The molecule has 1 atom stereocenters. The van der Waals surface area contributed by atoms with Crippen LogP contribution >= 0.6 is 11.6 Å². The summed E-state index contributed by atoms with van der Waals surface area (Å²) in [5.41, 5.74) is 6.71. The third-order valence-corrected chi connectivity index (χ3v) is 2.36. The van der Waals surface area contributed by atoms with Gasteiger partial charge >= 0.3 is 5.97 Å². The molecule has 1 rings (SSSR count). The second kappa shape index (κ2) is 5.00. The predicted octanol–water partition coefficient (Wildman–Crippen LogP) is 1.52. The lowest BCUT2D eigenvalue weighted by atomic mass is 10.0. The van der Waals surface area contributed by atoms with Crippen molar-refractivity contribution in [2.45, 2.75) is 11.9 Å². The first kappa shape index (κ1) is 11.8. The molecular formula is C10H12ClNO3. The summed E-state index contributed by atoms with van der Waals surface area (Å²) in [6, 6.07) is 3.89. The van der Waals surface area contributed by atoms with Gasteiger partial charge in [0, 0.05) is 5.56 Å². The topological polar surface area (TPSA) is 72.5 Å². The molecule has 0 unspecified atom stereocenters. The van der Waals surface area contributed by atoms with Gasteiger partial charge in [-0.15, -0.1) is 11.6 Å². The Bertz CT molecular complexity index is 368. The van der Waals surface area contributed by atoms with Gasteiger partial charge in [0.05, 0.1) is 13.0 Å². The van der Waals surface area contributed by atoms with Crippen LogP contribution in [-0.4, -0.2) is 18.2 Å². The van der Waals surface area contributed by atoms with E-state index in [1.807, 2.05) is 0 Å². The molecule has 0 saturated heterocycles. The maximum Gasteiger partial charge on any atom is 0.325 e. The number of rotatable bonds is 4. The third kappa shape index (κ3) is 2.61. The van der Waals surface area contributed by atoms with Crippen LogP contribution in [0.5, 0.6) is 5.75 Å². The van der Waals surface area contributed by atoms with Crippen molar-refractivity contribution < 1.29 is 14.6 Å². The molecule has 0 aliphatic carbocycles. The first-order valence-corrected chi connectivity index (χ1v) is 4.84. The first-order chi connectivity index (χ1) is 7.10. The smallest absolute Gasteiger partial charge is 0.325 e. The molecule has 3 N–H and O–H groups in total. The van der Waals surface area contributed by atoms with E-state index < -0.39 is 12.0 Å². The lowest BCUT2D eigenvalue weighted by Crippen LogP contribution is -2.20. The second-order valence-electron chi connectivity index (χ2n) is 3.02. The number of benzene rings is 1. The van der Waals surface area contributed by atoms with Crippen LogP contribution in [0.25, 0.3) is 0 Å². The van der Waals surface area contributed by atoms with Crippen LogP contribution < -0.4 is 10.5 Å². The van der Waals surface area contributed by atoms with Gasteiger partial charge in [-0.1, -0.05) is 6.07 Å². The van der Waals surface area contributed by atoms with Crippen LogP contribution in [0.3, 0.4) is 0 Å². The molecule has 5 heteroatoms. The van der Waals surface area contributed by atoms with Crippen molar-refractivity contribution >= 4 is 17.6 Å². The van der Waals surface area contributed by atoms with Gasteiger partial charge in [0.2, 0.25) is 0 Å². The van der Waals surface area contributed by atoms with E-state index in [-0.39, 0.29) is 5.88 Å². The minimum Gasteiger partial charge on any atom is -0.496 e. The zero-order valence-electron chi connectivity index (χ0n) is 8.24. The molecule has 0 aromatic heterocycles. The number of methoxy groups -OCH3 is 1. The van der Waals surface area contributed by atoms with E-state index in [0.29, 0.717) is 11.3 Å². The highest BCUT2D eigenvalue weighted by Gasteiger charge is 2.15. The SMILES string of the molecule is COc1ccc([C@H](N)C(=O)O)cc1CCl. The fraction of sp³-hybridized carbons (Fsp3) is 0.300. The molecule has 0 radical (unpaired) electrons. The second-order valence-corrected chi connectivity index (χ2v) is 3.29. The summed E-state index contributed by atoms with van der Waals surface area (Å²) in [5.74, 6) is -0.185. The van der Waals surface area contributed by atoms with Gasteiger partial charge in [-0.3, -0.25) is 4.79 Å². The molecule has 0 heterocycles. The Kier molecular flexibility index (Phi) is 3.94. The molecule has 15 heavy (non-hydrogen) atoms. The highest BCUT2D eigenvalue weighted by atomic mass is 35.5. The van der Waals surface area contributed by atoms with E-state index in [1.54, 1.807) is 18.2 Å². The van der Waals surface area contributed by atoms with Crippen molar-refractivity contribution in [2.24, 2.45) is 5.73 Å². The van der Waals surface area contributed by atoms with Crippen molar-refractivity contribution in [1.29, 1.82) is 0 Å². The number of hydrogen-bond donors (Lipinski definition) is 2. The van der Waals surface area contributed by atoms with Crippen LogP contribution in [-0.2, 0) is 10.7 Å². The normalized spacial score (nSPS) is 12.2. The molecule has 0 aliphatic rings. The Morgan fingerprint density at radius 3 is 2.80 bits per heavy atom. The molecule has 82 valence electrons. The Morgan fingerprint density at radius 2 is 2.33 bits per heavy atom. The van der Waals surface area contributed by atoms with Gasteiger partial charge in [0.25, 0.3) is 0 Å². The number of halogens is 1. The Balaban J connectivity index is 3.07. The van der Waals surface area contributed by atoms with E-state index in [9.17, 15) is 4.79 Å². The van der Waals surface area contributed by atoms with Crippen LogP contribution in [0.15, 0.2) is 18.2 Å².